The summed E-state index contributed by atoms with van der Waals surface area (Å²) in [6.45, 7) is 3.27. The average molecular weight is 413 g/mol. The highest BCUT2D eigenvalue weighted by Crippen LogP contribution is 2.45. The molecule has 0 bridgehead atoms. The summed E-state index contributed by atoms with van der Waals surface area (Å²) in [7, 11) is 0. The van der Waals surface area contributed by atoms with Crippen molar-refractivity contribution in [3.8, 4) is 11.5 Å². The van der Waals surface area contributed by atoms with Crippen molar-refractivity contribution >= 4 is 23.3 Å². The fourth-order valence-electron chi connectivity index (χ4n) is 2.60. The van der Waals surface area contributed by atoms with Gasteiger partial charge in [-0.2, -0.15) is 13.2 Å². The van der Waals surface area contributed by atoms with Crippen molar-refractivity contribution in [2.24, 2.45) is 0 Å². The molecule has 154 valence electrons. The molecule has 0 aliphatic heterocycles. The molecule has 2 aromatic rings. The van der Waals surface area contributed by atoms with E-state index < -0.39 is 51.4 Å². The minimum Gasteiger partial charge on any atom is -0.504 e. The molecule has 0 heterocycles. The Kier molecular flexibility index (Phi) is 5.67. The number of phenols is 2. The average Bonchev–Trinajstić information content (AvgIpc) is 2.58. The van der Waals surface area contributed by atoms with Gasteiger partial charge in [-0.05, 0) is 31.0 Å². The van der Waals surface area contributed by atoms with Gasteiger partial charge in [-0.15, -0.1) is 0 Å². The molecule has 4 N–H and O–H groups in total. The number of amides is 3. The molecular weight excluding hydrogens is 399 g/mol. The third-order valence-corrected chi connectivity index (χ3v) is 3.92. The molecule has 0 radical (unpaired) electrons. The molecule has 0 spiro atoms. The van der Waals surface area contributed by atoms with Crippen LogP contribution in [-0.4, -0.2) is 27.1 Å². The summed E-state index contributed by atoms with van der Waals surface area (Å²) >= 11 is 0. The number of alkyl halides is 3. The molecule has 12 heteroatoms. The Labute approximate surface area is 160 Å². The third-order valence-electron chi connectivity index (χ3n) is 3.92. The second-order valence-electron chi connectivity index (χ2n) is 5.95. The van der Waals surface area contributed by atoms with Gasteiger partial charge >= 0.3 is 17.9 Å². The van der Waals surface area contributed by atoms with E-state index in [1.165, 1.54) is 0 Å². The number of halogens is 3. The Morgan fingerprint density at radius 1 is 1.14 bits per heavy atom. The molecule has 0 aromatic heterocycles. The third kappa shape index (κ3) is 4.36. The summed E-state index contributed by atoms with van der Waals surface area (Å²) in [5, 5.41) is 33.9. The number of rotatable bonds is 3. The van der Waals surface area contributed by atoms with Gasteiger partial charge < -0.3 is 15.5 Å². The lowest BCUT2D eigenvalue weighted by Crippen LogP contribution is -2.36. The minimum absolute atomic E-state index is 0.0410. The van der Waals surface area contributed by atoms with Crippen LogP contribution in [0.4, 0.5) is 29.3 Å². The normalized spacial score (nSPS) is 11.1. The summed E-state index contributed by atoms with van der Waals surface area (Å²) in [5.74, 6) is -4.77. The quantitative estimate of drug-likeness (QED) is 0.344. The molecule has 0 unspecified atom stereocenters. The zero-order chi connectivity index (χ0) is 22.1. The molecular formula is C17H14F3N3O6. The SMILES string of the molecule is Cc1cccc(C)c1NC(=O)NC(=O)c1c(C(F)(F)F)cc(O)c(O)c1[N+](=O)[O-]. The van der Waals surface area contributed by atoms with Crippen molar-refractivity contribution in [2.75, 3.05) is 5.32 Å². The predicted molar refractivity (Wildman–Crippen MR) is 93.8 cm³/mol. The monoisotopic (exact) mass is 413 g/mol. The number of imide groups is 1. The molecule has 0 fully saturated rings. The molecule has 0 aliphatic rings. The van der Waals surface area contributed by atoms with Crippen molar-refractivity contribution in [1.82, 2.24) is 5.32 Å². The largest absolute Gasteiger partial charge is 0.504 e. The van der Waals surface area contributed by atoms with E-state index >= 15 is 0 Å². The van der Waals surface area contributed by atoms with E-state index in [0.29, 0.717) is 11.1 Å². The second kappa shape index (κ2) is 7.66. The summed E-state index contributed by atoms with van der Waals surface area (Å²) in [4.78, 5) is 34.1. The van der Waals surface area contributed by atoms with Gasteiger partial charge in [0.05, 0.1) is 10.5 Å². The van der Waals surface area contributed by atoms with Crippen molar-refractivity contribution in [1.29, 1.82) is 0 Å². The molecule has 3 amide bonds. The Morgan fingerprint density at radius 3 is 2.17 bits per heavy atom. The van der Waals surface area contributed by atoms with Crippen LogP contribution < -0.4 is 10.6 Å². The zero-order valence-electron chi connectivity index (χ0n) is 14.9. The number of carbonyl (C=O) groups is 2. The fraction of sp³-hybridized carbons (Fsp3) is 0.176. The van der Waals surface area contributed by atoms with E-state index in [1.807, 2.05) is 0 Å². The van der Waals surface area contributed by atoms with E-state index in [0.717, 1.165) is 0 Å². The molecule has 2 rings (SSSR count). The maximum absolute atomic E-state index is 13.3. The van der Waals surface area contributed by atoms with Crippen LogP contribution in [-0.2, 0) is 6.18 Å². The molecule has 29 heavy (non-hydrogen) atoms. The van der Waals surface area contributed by atoms with Crippen molar-refractivity contribution in [3.63, 3.8) is 0 Å². The van der Waals surface area contributed by atoms with Crippen molar-refractivity contribution < 1.29 is 37.9 Å². The predicted octanol–water partition coefficient (Wildman–Crippen LogP) is 3.60. The van der Waals surface area contributed by atoms with Gasteiger partial charge in [0.1, 0.15) is 5.56 Å². The number of benzene rings is 2. The van der Waals surface area contributed by atoms with Crippen LogP contribution in [0.1, 0.15) is 27.0 Å². The zero-order valence-corrected chi connectivity index (χ0v) is 14.9. The van der Waals surface area contributed by atoms with Gasteiger partial charge in [0.15, 0.2) is 5.75 Å². The Bertz CT molecular complexity index is 1000. The van der Waals surface area contributed by atoms with E-state index in [-0.39, 0.29) is 11.8 Å². The molecule has 0 atom stereocenters. The maximum Gasteiger partial charge on any atom is 0.417 e. The summed E-state index contributed by atoms with van der Waals surface area (Å²) in [6.07, 6.45) is -5.30. The first-order valence-corrected chi connectivity index (χ1v) is 7.83. The number of hydrogen-bond acceptors (Lipinski definition) is 6. The topological polar surface area (TPSA) is 142 Å². The molecule has 0 aliphatic carbocycles. The molecule has 0 saturated heterocycles. The number of aryl methyl sites for hydroxylation is 2. The lowest BCUT2D eigenvalue weighted by Gasteiger charge is -2.15. The smallest absolute Gasteiger partial charge is 0.417 e. The molecule has 0 saturated carbocycles. The molecule has 9 nitrogen and oxygen atoms in total. The number of urea groups is 1. The van der Waals surface area contributed by atoms with E-state index in [1.54, 1.807) is 37.4 Å². The lowest BCUT2D eigenvalue weighted by atomic mass is 10.0. The lowest BCUT2D eigenvalue weighted by molar-refractivity contribution is -0.386. The van der Waals surface area contributed by atoms with Crippen LogP contribution >= 0.6 is 0 Å². The number of carbonyl (C=O) groups excluding carboxylic acids is 2. The Hall–Kier alpha value is -3.83. The highest BCUT2D eigenvalue weighted by atomic mass is 19.4. The van der Waals surface area contributed by atoms with Crippen molar-refractivity contribution in [2.45, 2.75) is 20.0 Å². The number of nitro benzene ring substituents is 1. The summed E-state index contributed by atoms with van der Waals surface area (Å²) in [5.41, 5.74) is -3.72. The Balaban J connectivity index is 2.48. The van der Waals surface area contributed by atoms with Gasteiger partial charge in [0, 0.05) is 5.69 Å². The van der Waals surface area contributed by atoms with Crippen LogP contribution in [0.2, 0.25) is 0 Å². The van der Waals surface area contributed by atoms with Crippen LogP contribution in [0, 0.1) is 24.0 Å². The van der Waals surface area contributed by atoms with Gasteiger partial charge in [0.2, 0.25) is 5.75 Å². The standard InChI is InChI=1S/C17H14F3N3O6/c1-7-4-3-5-8(2)12(7)21-16(27)22-15(26)11-9(17(18,19)20)6-10(24)14(25)13(11)23(28)29/h3-6,24-25H,1-2H3,(H2,21,22,26,27). The minimum atomic E-state index is -5.30. The van der Waals surface area contributed by atoms with E-state index in [9.17, 15) is 43.1 Å². The van der Waals surface area contributed by atoms with Crippen LogP contribution in [0.5, 0.6) is 11.5 Å². The highest BCUT2D eigenvalue weighted by Gasteiger charge is 2.43. The fourth-order valence-corrected chi connectivity index (χ4v) is 2.60. The number of nitrogens with zero attached hydrogens (tertiary/aromatic N) is 1. The van der Waals surface area contributed by atoms with E-state index in [2.05, 4.69) is 5.32 Å². The van der Waals surface area contributed by atoms with Crippen LogP contribution in [0.25, 0.3) is 0 Å². The Morgan fingerprint density at radius 2 is 1.69 bits per heavy atom. The number of phenolic OH excluding ortho intramolecular Hbond substituents is 2. The number of nitrogens with one attached hydrogen (secondary N) is 2. The highest BCUT2D eigenvalue weighted by molar-refractivity contribution is 6.11. The van der Waals surface area contributed by atoms with Crippen molar-refractivity contribution in [3.05, 3.63) is 56.6 Å². The van der Waals surface area contributed by atoms with Gasteiger partial charge in [-0.1, -0.05) is 18.2 Å². The number of aromatic hydroxyl groups is 2. The van der Waals surface area contributed by atoms with Gasteiger partial charge in [-0.25, -0.2) is 4.79 Å². The first kappa shape index (κ1) is 21.5. The number of nitro groups is 1. The maximum atomic E-state index is 13.3. The first-order chi connectivity index (χ1) is 13.3. The van der Waals surface area contributed by atoms with Gasteiger partial charge in [0.25, 0.3) is 5.91 Å². The number of hydrogen-bond donors (Lipinski definition) is 4. The summed E-state index contributed by atoms with van der Waals surface area (Å²) in [6, 6.07) is 3.67. The van der Waals surface area contributed by atoms with Gasteiger partial charge in [-0.3, -0.25) is 20.2 Å². The molecule has 2 aromatic carbocycles. The van der Waals surface area contributed by atoms with Crippen LogP contribution in [0.15, 0.2) is 24.3 Å². The van der Waals surface area contributed by atoms with E-state index in [4.69, 9.17) is 0 Å². The second-order valence-corrected chi connectivity index (χ2v) is 5.95. The van der Waals surface area contributed by atoms with Crippen LogP contribution in [0.3, 0.4) is 0 Å². The number of anilines is 1. The number of para-hydroxylation sites is 1. The summed E-state index contributed by atoms with van der Waals surface area (Å²) < 4.78 is 39.8. The first-order valence-electron chi connectivity index (χ1n) is 7.83.